The van der Waals surface area contributed by atoms with E-state index in [0.717, 1.165) is 24.8 Å². The Kier molecular flexibility index (Phi) is 24.2. The van der Waals surface area contributed by atoms with Crippen LogP contribution < -0.4 is 0 Å². The van der Waals surface area contributed by atoms with E-state index in [1.165, 1.54) is 19.1 Å². The summed E-state index contributed by atoms with van der Waals surface area (Å²) in [4.78, 5) is 73.9. The molecule has 0 aromatic heterocycles. The summed E-state index contributed by atoms with van der Waals surface area (Å²) in [6.45, 7) is 17.2. The van der Waals surface area contributed by atoms with Crippen molar-refractivity contribution in [3.8, 4) is 0 Å². The molecule has 1 aliphatic carbocycles. The molecule has 0 aromatic carbocycles. The molecule has 16 atom stereocenters. The molecule has 4 aliphatic heterocycles. The average Bonchev–Trinajstić information content (AvgIpc) is 3.38. The van der Waals surface area contributed by atoms with Crippen molar-refractivity contribution >= 4 is 29.2 Å². The molecule has 3 saturated heterocycles. The van der Waals surface area contributed by atoms with Crippen molar-refractivity contribution in [2.24, 2.45) is 35.5 Å². The van der Waals surface area contributed by atoms with Gasteiger partial charge in [0.1, 0.15) is 41.8 Å². The van der Waals surface area contributed by atoms with Gasteiger partial charge in [-0.2, -0.15) is 0 Å². The number of piperidine rings is 1. The third-order valence-electron chi connectivity index (χ3n) is 16.5. The Morgan fingerprint density at radius 1 is 0.795 bits per heavy atom. The molecule has 15 heteroatoms. The fourth-order valence-corrected chi connectivity index (χ4v) is 11.7. The first kappa shape index (κ1) is 60.5. The van der Waals surface area contributed by atoms with Crippen LogP contribution in [0.5, 0.6) is 0 Å². The van der Waals surface area contributed by atoms with Gasteiger partial charge in [0, 0.05) is 59.7 Å². The summed E-state index contributed by atoms with van der Waals surface area (Å²) in [7, 11) is 6.42. The van der Waals surface area contributed by atoms with E-state index in [4.69, 9.17) is 42.6 Å². The fraction of sp³-hybridized carbons (Fsp3) is 0.776. The van der Waals surface area contributed by atoms with Gasteiger partial charge in [-0.1, -0.05) is 71.1 Å². The van der Waals surface area contributed by atoms with E-state index in [-0.39, 0.29) is 72.4 Å². The lowest BCUT2D eigenvalue weighted by molar-refractivity contribution is -0.186. The maximum absolute atomic E-state index is 14.7. The molecule has 2 bridgehead atoms. The first-order chi connectivity index (χ1) is 34.8. The molecule has 15 nitrogen and oxygen atoms in total. The Balaban J connectivity index is 1.49. The molecular weight excluding hydrogens is 935 g/mol. The fourth-order valence-electron chi connectivity index (χ4n) is 11.7. The van der Waals surface area contributed by atoms with Gasteiger partial charge >= 0.3 is 5.97 Å². The zero-order valence-electron chi connectivity index (χ0n) is 46.3. The highest BCUT2D eigenvalue weighted by Gasteiger charge is 2.51. The normalized spacial score (nSPS) is 39.6. The number of hydrogen-bond donors (Lipinski definition) is 0. The standard InChI is InChI=1S/C58H91NO14/c1-36-18-14-13-15-19-37(2)49(71-35-45-34-69-26-27-70-45)32-44-23-21-42(7)58(8,73-44)55(62)56(63)59-25-17-16-20-46(59)57(64)72-50(39(4)30-43-22-24-48(65-9)51(31-43)66-10)33-47(60)38(3)29-41(6)53(67-11)54(68-12)52(61)40(5)28-36/h13-15,18-19,29,36,38-40,42-46,48-51,53-54H,16-17,20-28,30-35H2,1-12H3/b15-13+,18-14+,37-19+,41-29+/t36-,38-,39-,40-,42-,43+,44+,45?,46+,48-,49-,50+,51-,53-,54+,58-/m1/s1. The third kappa shape index (κ3) is 16.5. The van der Waals surface area contributed by atoms with Crippen LogP contribution in [0.2, 0.25) is 0 Å². The average molecular weight is 1030 g/mol. The highest BCUT2D eigenvalue weighted by Crippen LogP contribution is 2.39. The maximum Gasteiger partial charge on any atom is 0.329 e. The summed E-state index contributed by atoms with van der Waals surface area (Å²) in [5.41, 5.74) is 0.157. The van der Waals surface area contributed by atoms with E-state index < -0.39 is 65.7 Å². The molecule has 5 rings (SSSR count). The van der Waals surface area contributed by atoms with E-state index in [1.54, 1.807) is 28.1 Å². The van der Waals surface area contributed by atoms with E-state index in [9.17, 15) is 24.0 Å². The Labute approximate surface area is 436 Å². The first-order valence-corrected chi connectivity index (χ1v) is 27.3. The molecule has 0 N–H and O–H groups in total. The van der Waals surface area contributed by atoms with Crippen molar-refractivity contribution in [1.29, 1.82) is 0 Å². The van der Waals surface area contributed by atoms with Gasteiger partial charge in [0.15, 0.2) is 5.78 Å². The Morgan fingerprint density at radius 3 is 2.22 bits per heavy atom. The molecule has 4 fully saturated rings. The van der Waals surface area contributed by atoms with Crippen molar-refractivity contribution < 1.29 is 66.6 Å². The number of hydrogen-bond acceptors (Lipinski definition) is 14. The maximum atomic E-state index is 14.7. The number of cyclic esters (lactones) is 1. The molecule has 73 heavy (non-hydrogen) atoms. The molecule has 0 spiro atoms. The molecule has 1 amide bonds. The van der Waals surface area contributed by atoms with Crippen molar-refractivity contribution in [2.45, 2.75) is 193 Å². The van der Waals surface area contributed by atoms with Crippen molar-refractivity contribution in [1.82, 2.24) is 4.90 Å². The predicted molar refractivity (Wildman–Crippen MR) is 278 cm³/mol. The highest BCUT2D eigenvalue weighted by molar-refractivity contribution is 6.39. The molecule has 0 aromatic rings. The quantitative estimate of drug-likeness (QED) is 0.116. The van der Waals surface area contributed by atoms with Crippen molar-refractivity contribution in [2.75, 3.05) is 61.4 Å². The molecule has 1 saturated carbocycles. The summed E-state index contributed by atoms with van der Waals surface area (Å²) >= 11 is 0. The van der Waals surface area contributed by atoms with Gasteiger partial charge in [0.05, 0.1) is 50.8 Å². The number of allylic oxidation sites excluding steroid dienone is 6. The summed E-state index contributed by atoms with van der Waals surface area (Å²) in [6, 6.07) is -1.02. The van der Waals surface area contributed by atoms with E-state index in [2.05, 4.69) is 13.0 Å². The van der Waals surface area contributed by atoms with Crippen LogP contribution in [0.4, 0.5) is 0 Å². The Morgan fingerprint density at radius 2 is 1.53 bits per heavy atom. The lowest BCUT2D eigenvalue weighted by atomic mass is 9.78. The number of ketones is 3. The van der Waals surface area contributed by atoms with Crippen LogP contribution in [0.25, 0.3) is 0 Å². The second-order valence-electron chi connectivity index (χ2n) is 22.1. The Bertz CT molecular complexity index is 1940. The van der Waals surface area contributed by atoms with Gasteiger partial charge < -0.3 is 47.5 Å². The number of fused-ring (bicyclic) bond motifs is 3. The molecule has 5 aliphatic rings. The largest absolute Gasteiger partial charge is 0.460 e. The zero-order chi connectivity index (χ0) is 53.4. The minimum absolute atomic E-state index is 0.0139. The topological polar surface area (TPSA) is 172 Å². The summed E-state index contributed by atoms with van der Waals surface area (Å²) in [6.07, 6.45) is 15.1. The van der Waals surface area contributed by atoms with Gasteiger partial charge in [0.25, 0.3) is 11.7 Å². The Hall–Kier alpha value is -3.41. The number of esters is 1. The van der Waals surface area contributed by atoms with Crippen molar-refractivity contribution in [3.63, 3.8) is 0 Å². The van der Waals surface area contributed by atoms with Gasteiger partial charge in [-0.05, 0) is 120 Å². The second kappa shape index (κ2) is 29.2. The zero-order valence-corrected chi connectivity index (χ0v) is 46.3. The predicted octanol–water partition coefficient (Wildman–Crippen LogP) is 8.34. The first-order valence-electron chi connectivity index (χ1n) is 27.3. The summed E-state index contributed by atoms with van der Waals surface area (Å²) in [5.74, 6) is -3.56. The number of carbonyl (C=O) groups excluding carboxylic acids is 5. The van der Waals surface area contributed by atoms with Gasteiger partial charge in [0.2, 0.25) is 0 Å². The third-order valence-corrected chi connectivity index (χ3v) is 16.5. The van der Waals surface area contributed by atoms with Crippen LogP contribution in [0, 0.1) is 35.5 Å². The summed E-state index contributed by atoms with van der Waals surface area (Å²) in [5, 5.41) is 0. The number of methoxy groups -OCH3 is 4. The molecule has 0 radical (unpaired) electrons. The van der Waals surface area contributed by atoms with Crippen LogP contribution >= 0.6 is 0 Å². The highest BCUT2D eigenvalue weighted by atomic mass is 16.6. The van der Waals surface area contributed by atoms with Crippen molar-refractivity contribution in [3.05, 3.63) is 47.6 Å². The molecular formula is C58H91NO14. The minimum Gasteiger partial charge on any atom is -0.460 e. The monoisotopic (exact) mass is 1030 g/mol. The van der Waals surface area contributed by atoms with Crippen LogP contribution in [-0.2, 0) is 66.6 Å². The number of amides is 1. The molecule has 1 unspecified atom stereocenters. The second-order valence-corrected chi connectivity index (χ2v) is 22.1. The SMILES string of the molecule is CO[C@@H]1/C(C)=C/[C@@H](C)C(=O)C[C@@H]([C@H](C)C[C@@H]2CC[C@@H](OC)[C@H](OC)C2)OC(=O)[C@@H]2CCCCN2C(=O)C(=O)[C@]2(C)O[C@@H](CC[C@H]2C)C[C@@H](OCC2COCCO2)/C(C)=C/C=C/C=C/[C@@H](C)C[C@@H](C)C(=O)[C@@H]1OC. The van der Waals surface area contributed by atoms with Crippen LogP contribution in [0.3, 0.4) is 0 Å². The van der Waals surface area contributed by atoms with Crippen LogP contribution in [0.1, 0.15) is 132 Å². The van der Waals surface area contributed by atoms with Gasteiger partial charge in [-0.25, -0.2) is 4.79 Å². The van der Waals surface area contributed by atoms with Crippen LogP contribution in [0.15, 0.2) is 47.6 Å². The lowest BCUT2D eigenvalue weighted by Crippen LogP contribution is -2.59. The summed E-state index contributed by atoms with van der Waals surface area (Å²) < 4.78 is 54.6. The molecule has 4 heterocycles. The van der Waals surface area contributed by atoms with Gasteiger partial charge in [-0.3, -0.25) is 19.2 Å². The van der Waals surface area contributed by atoms with E-state index in [0.29, 0.717) is 83.4 Å². The molecule has 412 valence electrons. The van der Waals surface area contributed by atoms with E-state index >= 15 is 0 Å². The minimum atomic E-state index is -1.46. The smallest absolute Gasteiger partial charge is 0.329 e. The number of Topliss-reactive ketones (excluding diaryl/α,β-unsaturated/α-hetero) is 3. The number of rotatable bonds is 10. The van der Waals surface area contributed by atoms with E-state index in [1.807, 2.05) is 65.0 Å². The number of nitrogens with zero attached hydrogens (tertiary/aromatic N) is 1. The van der Waals surface area contributed by atoms with Crippen LogP contribution in [-0.4, -0.2) is 156 Å². The number of carbonyl (C=O) groups is 5. The number of ether oxygens (including phenoxy) is 9. The van der Waals surface area contributed by atoms with Gasteiger partial charge in [-0.15, -0.1) is 0 Å². The lowest BCUT2D eigenvalue weighted by Gasteiger charge is -2.44.